The van der Waals surface area contributed by atoms with E-state index < -0.39 is 10.0 Å². The zero-order valence-corrected chi connectivity index (χ0v) is 11.4. The van der Waals surface area contributed by atoms with E-state index in [4.69, 9.17) is 0 Å². The van der Waals surface area contributed by atoms with Gasteiger partial charge in [-0.25, -0.2) is 8.42 Å². The molecule has 0 heterocycles. The lowest BCUT2D eigenvalue weighted by Gasteiger charge is -2.11. The number of benzene rings is 1. The van der Waals surface area contributed by atoms with Gasteiger partial charge in [-0.2, -0.15) is 0 Å². The Morgan fingerprint density at radius 2 is 2.00 bits per heavy atom. The van der Waals surface area contributed by atoms with Crippen molar-refractivity contribution in [2.24, 2.45) is 0 Å². The number of anilines is 2. The Kier molecular flexibility index (Phi) is 4.81. The first-order chi connectivity index (χ1) is 7.92. The molecule has 0 radical (unpaired) electrons. The summed E-state index contributed by atoms with van der Waals surface area (Å²) in [4.78, 5) is 0. The minimum atomic E-state index is -3.20. The molecule has 5 heteroatoms. The second-order valence-electron chi connectivity index (χ2n) is 4.18. The van der Waals surface area contributed by atoms with Crippen molar-refractivity contribution in [3.8, 4) is 0 Å². The molecule has 0 atom stereocenters. The SMILES string of the molecule is CCCCNc1ccc(NS(C)(=O)=O)c(C)c1. The summed E-state index contributed by atoms with van der Waals surface area (Å²) >= 11 is 0. The number of hydrogen-bond acceptors (Lipinski definition) is 3. The van der Waals surface area contributed by atoms with E-state index in [1.165, 1.54) is 0 Å². The molecule has 1 rings (SSSR count). The van der Waals surface area contributed by atoms with Crippen molar-refractivity contribution >= 4 is 21.4 Å². The Hall–Kier alpha value is -1.23. The van der Waals surface area contributed by atoms with Gasteiger partial charge in [-0.15, -0.1) is 0 Å². The lowest BCUT2D eigenvalue weighted by atomic mass is 10.2. The molecule has 1 aromatic carbocycles. The molecule has 0 spiro atoms. The average molecular weight is 256 g/mol. The molecular weight excluding hydrogens is 236 g/mol. The minimum absolute atomic E-state index is 0.633. The van der Waals surface area contributed by atoms with Crippen molar-refractivity contribution in [2.75, 3.05) is 22.8 Å². The highest BCUT2D eigenvalue weighted by Crippen LogP contribution is 2.20. The third-order valence-electron chi connectivity index (χ3n) is 2.38. The van der Waals surface area contributed by atoms with Crippen molar-refractivity contribution in [3.05, 3.63) is 23.8 Å². The van der Waals surface area contributed by atoms with Gasteiger partial charge >= 0.3 is 0 Å². The molecule has 0 amide bonds. The fourth-order valence-electron chi connectivity index (χ4n) is 1.50. The van der Waals surface area contributed by atoms with Crippen molar-refractivity contribution in [1.29, 1.82) is 0 Å². The molecule has 0 saturated heterocycles. The van der Waals surface area contributed by atoms with Crippen LogP contribution < -0.4 is 10.0 Å². The summed E-state index contributed by atoms with van der Waals surface area (Å²) in [5.74, 6) is 0. The fraction of sp³-hybridized carbons (Fsp3) is 0.500. The second kappa shape index (κ2) is 5.91. The van der Waals surface area contributed by atoms with Crippen LogP contribution in [0.4, 0.5) is 11.4 Å². The highest BCUT2D eigenvalue weighted by Gasteiger charge is 2.05. The molecule has 1 aromatic rings. The second-order valence-corrected chi connectivity index (χ2v) is 5.93. The van der Waals surface area contributed by atoms with Gasteiger partial charge in [0.1, 0.15) is 0 Å². The molecule has 0 bridgehead atoms. The van der Waals surface area contributed by atoms with E-state index in [0.717, 1.165) is 36.9 Å². The Labute approximate surface area is 103 Å². The number of hydrogen-bond donors (Lipinski definition) is 2. The predicted octanol–water partition coefficient (Wildman–Crippen LogP) is 2.58. The summed E-state index contributed by atoms with van der Waals surface area (Å²) in [6.45, 7) is 4.97. The zero-order chi connectivity index (χ0) is 12.9. The van der Waals surface area contributed by atoms with Crippen LogP contribution in [0.25, 0.3) is 0 Å². The maximum absolute atomic E-state index is 11.1. The molecule has 0 fully saturated rings. The van der Waals surface area contributed by atoms with E-state index in [0.29, 0.717) is 5.69 Å². The van der Waals surface area contributed by atoms with E-state index in [-0.39, 0.29) is 0 Å². The standard InChI is InChI=1S/C12H20N2O2S/c1-4-5-8-13-11-6-7-12(10(2)9-11)14-17(3,15)16/h6-7,9,13-14H,4-5,8H2,1-3H3. The normalized spacial score (nSPS) is 11.2. The van der Waals surface area contributed by atoms with Gasteiger partial charge in [0.05, 0.1) is 11.9 Å². The van der Waals surface area contributed by atoms with Crippen molar-refractivity contribution in [1.82, 2.24) is 0 Å². The molecule has 4 nitrogen and oxygen atoms in total. The predicted molar refractivity (Wildman–Crippen MR) is 73.0 cm³/mol. The summed E-state index contributed by atoms with van der Waals surface area (Å²) in [7, 11) is -3.20. The van der Waals surface area contributed by atoms with Crippen molar-refractivity contribution < 1.29 is 8.42 Å². The third-order valence-corrected chi connectivity index (χ3v) is 2.97. The van der Waals surface area contributed by atoms with Crippen LogP contribution in [0.1, 0.15) is 25.3 Å². The molecule has 0 aliphatic heterocycles. The summed E-state index contributed by atoms with van der Waals surface area (Å²) in [6.07, 6.45) is 3.43. The maximum Gasteiger partial charge on any atom is 0.229 e. The van der Waals surface area contributed by atoms with Crippen LogP contribution in [-0.4, -0.2) is 21.2 Å². The Morgan fingerprint density at radius 1 is 1.29 bits per heavy atom. The van der Waals surface area contributed by atoms with Gasteiger partial charge in [0.25, 0.3) is 0 Å². The van der Waals surface area contributed by atoms with Gasteiger partial charge in [0.2, 0.25) is 10.0 Å². The Bertz CT molecular complexity index is 469. The highest BCUT2D eigenvalue weighted by atomic mass is 32.2. The monoisotopic (exact) mass is 256 g/mol. The van der Waals surface area contributed by atoms with Crippen molar-refractivity contribution in [2.45, 2.75) is 26.7 Å². The van der Waals surface area contributed by atoms with Crippen LogP contribution >= 0.6 is 0 Å². The van der Waals surface area contributed by atoms with E-state index in [9.17, 15) is 8.42 Å². The molecule has 0 aromatic heterocycles. The first-order valence-corrected chi connectivity index (χ1v) is 7.64. The average Bonchev–Trinajstić information content (AvgIpc) is 2.21. The summed E-state index contributed by atoms with van der Waals surface area (Å²) in [5.41, 5.74) is 2.57. The number of unbranched alkanes of at least 4 members (excludes halogenated alkanes) is 1. The Balaban J connectivity index is 2.72. The van der Waals surface area contributed by atoms with Gasteiger partial charge in [0, 0.05) is 12.2 Å². The topological polar surface area (TPSA) is 58.2 Å². The first kappa shape index (κ1) is 13.8. The zero-order valence-electron chi connectivity index (χ0n) is 10.6. The van der Waals surface area contributed by atoms with E-state index in [1.54, 1.807) is 6.07 Å². The molecular formula is C12H20N2O2S. The molecule has 0 aliphatic rings. The molecule has 0 aliphatic carbocycles. The van der Waals surface area contributed by atoms with Gasteiger partial charge in [-0.05, 0) is 37.1 Å². The van der Waals surface area contributed by atoms with E-state index in [2.05, 4.69) is 17.0 Å². The smallest absolute Gasteiger partial charge is 0.229 e. The van der Waals surface area contributed by atoms with Gasteiger partial charge in [-0.3, -0.25) is 4.72 Å². The van der Waals surface area contributed by atoms with E-state index >= 15 is 0 Å². The molecule has 2 N–H and O–H groups in total. The number of rotatable bonds is 6. The Morgan fingerprint density at radius 3 is 2.53 bits per heavy atom. The van der Waals surface area contributed by atoms with Gasteiger partial charge < -0.3 is 5.32 Å². The maximum atomic E-state index is 11.1. The summed E-state index contributed by atoms with van der Waals surface area (Å²) in [6, 6.07) is 5.62. The minimum Gasteiger partial charge on any atom is -0.385 e. The van der Waals surface area contributed by atoms with Gasteiger partial charge in [-0.1, -0.05) is 13.3 Å². The number of sulfonamides is 1. The van der Waals surface area contributed by atoms with Crippen LogP contribution in [-0.2, 0) is 10.0 Å². The molecule has 0 saturated carbocycles. The molecule has 96 valence electrons. The summed E-state index contributed by atoms with van der Waals surface area (Å²) in [5, 5.41) is 3.30. The summed E-state index contributed by atoms with van der Waals surface area (Å²) < 4.78 is 24.7. The quantitative estimate of drug-likeness (QED) is 0.769. The van der Waals surface area contributed by atoms with Crippen LogP contribution in [0.15, 0.2) is 18.2 Å². The lowest BCUT2D eigenvalue weighted by Crippen LogP contribution is -2.10. The fourth-order valence-corrected chi connectivity index (χ4v) is 2.13. The van der Waals surface area contributed by atoms with Gasteiger partial charge in [0.15, 0.2) is 0 Å². The van der Waals surface area contributed by atoms with Crippen LogP contribution in [0.3, 0.4) is 0 Å². The largest absolute Gasteiger partial charge is 0.385 e. The van der Waals surface area contributed by atoms with Crippen LogP contribution in [0.5, 0.6) is 0 Å². The molecule has 0 unspecified atom stereocenters. The first-order valence-electron chi connectivity index (χ1n) is 5.74. The number of nitrogens with one attached hydrogen (secondary N) is 2. The highest BCUT2D eigenvalue weighted by molar-refractivity contribution is 7.92. The van der Waals surface area contributed by atoms with Crippen LogP contribution in [0, 0.1) is 6.92 Å². The number of aryl methyl sites for hydroxylation is 1. The van der Waals surface area contributed by atoms with E-state index in [1.807, 2.05) is 19.1 Å². The van der Waals surface area contributed by atoms with Crippen molar-refractivity contribution in [3.63, 3.8) is 0 Å². The molecule has 17 heavy (non-hydrogen) atoms. The van der Waals surface area contributed by atoms with Crippen LogP contribution in [0.2, 0.25) is 0 Å². The third kappa shape index (κ3) is 5.08. The lowest BCUT2D eigenvalue weighted by molar-refractivity contribution is 0.607.